The molecule has 0 atom stereocenters. The maximum Gasteiger partial charge on any atom is 0.240 e. The van der Waals surface area contributed by atoms with Crippen LogP contribution in [-0.2, 0) is 16.6 Å². The number of nitrogens with zero attached hydrogens (tertiary/aromatic N) is 1. The number of thiazole rings is 1. The molecular weight excluding hydrogens is 507 g/mol. The quantitative estimate of drug-likeness (QED) is 0.253. The number of carbonyl (C=O) groups excluding carboxylic acids is 1. The molecule has 4 rings (SSSR count). The molecule has 7 nitrogen and oxygen atoms in total. The molecule has 0 saturated carbocycles. The fourth-order valence-electron chi connectivity index (χ4n) is 3.28. The first-order valence-electron chi connectivity index (χ1n) is 10.3. The third kappa shape index (κ3) is 5.49. The summed E-state index contributed by atoms with van der Waals surface area (Å²) in [5, 5.41) is 3.31. The van der Waals surface area contributed by atoms with Gasteiger partial charge in [-0.2, -0.15) is 0 Å². The number of benzene rings is 2. The molecule has 4 N–H and O–H groups in total. The van der Waals surface area contributed by atoms with Gasteiger partial charge in [0.15, 0.2) is 5.13 Å². The molecule has 180 valence electrons. The number of hydrogen-bond donors (Lipinski definition) is 3. The summed E-state index contributed by atoms with van der Waals surface area (Å²) >= 11 is 2.51. The first-order chi connectivity index (χ1) is 16.7. The van der Waals surface area contributed by atoms with Crippen molar-refractivity contribution in [2.75, 3.05) is 11.1 Å². The van der Waals surface area contributed by atoms with E-state index in [0.29, 0.717) is 16.4 Å². The average molecular weight is 529 g/mol. The lowest BCUT2D eigenvalue weighted by molar-refractivity contribution is 0.103. The third-order valence-electron chi connectivity index (χ3n) is 5.00. The molecule has 0 saturated heterocycles. The van der Waals surface area contributed by atoms with Crippen molar-refractivity contribution in [2.24, 2.45) is 0 Å². The van der Waals surface area contributed by atoms with Gasteiger partial charge in [-0.05, 0) is 55.0 Å². The number of nitrogens with two attached hydrogens (primary N) is 1. The van der Waals surface area contributed by atoms with E-state index in [1.54, 1.807) is 18.2 Å². The highest BCUT2D eigenvalue weighted by molar-refractivity contribution is 7.89. The van der Waals surface area contributed by atoms with E-state index in [0.717, 1.165) is 21.1 Å². The van der Waals surface area contributed by atoms with Crippen LogP contribution in [0.15, 0.2) is 66.1 Å². The summed E-state index contributed by atoms with van der Waals surface area (Å²) in [5.74, 6) is -1.29. The summed E-state index contributed by atoms with van der Waals surface area (Å²) < 4.78 is 42.1. The van der Waals surface area contributed by atoms with E-state index in [1.807, 2.05) is 19.1 Å². The molecule has 0 unspecified atom stereocenters. The van der Waals surface area contributed by atoms with E-state index >= 15 is 0 Å². The number of anilines is 3. The van der Waals surface area contributed by atoms with E-state index in [-0.39, 0.29) is 27.7 Å². The van der Waals surface area contributed by atoms with Crippen LogP contribution in [0.4, 0.5) is 21.0 Å². The monoisotopic (exact) mass is 528 g/mol. The number of halogens is 1. The first-order valence-corrected chi connectivity index (χ1v) is 13.4. The topological polar surface area (TPSA) is 114 Å². The highest BCUT2D eigenvalue weighted by atomic mass is 32.2. The number of sulfonamides is 1. The van der Waals surface area contributed by atoms with Crippen LogP contribution in [0.2, 0.25) is 0 Å². The van der Waals surface area contributed by atoms with Gasteiger partial charge in [0.2, 0.25) is 15.8 Å². The fraction of sp³-hybridized carbons (Fsp3) is 0.0833. The van der Waals surface area contributed by atoms with Crippen LogP contribution in [0.3, 0.4) is 0 Å². The second kappa shape index (κ2) is 10.1. The third-order valence-corrected chi connectivity index (χ3v) is 8.40. The van der Waals surface area contributed by atoms with Gasteiger partial charge in [-0.1, -0.05) is 36.1 Å². The Kier molecular flexibility index (Phi) is 7.13. The Morgan fingerprint density at radius 3 is 2.54 bits per heavy atom. The minimum absolute atomic E-state index is 0.0343. The molecule has 0 bridgehead atoms. The highest BCUT2D eigenvalue weighted by Gasteiger charge is 2.23. The van der Waals surface area contributed by atoms with Gasteiger partial charge in [0.25, 0.3) is 0 Å². The number of nitrogen functional groups attached to an aromatic ring is 1. The number of aromatic nitrogens is 1. The smallest absolute Gasteiger partial charge is 0.240 e. The second-order valence-electron chi connectivity index (χ2n) is 7.46. The minimum Gasteiger partial charge on any atom is -0.382 e. The molecule has 0 amide bonds. The summed E-state index contributed by atoms with van der Waals surface area (Å²) in [6.45, 7) is 5.80. The van der Waals surface area contributed by atoms with Crippen molar-refractivity contribution in [3.8, 4) is 0 Å². The molecule has 0 radical (unpaired) electrons. The zero-order valence-corrected chi connectivity index (χ0v) is 21.0. The van der Waals surface area contributed by atoms with E-state index in [1.165, 1.54) is 41.7 Å². The molecule has 0 aliphatic carbocycles. The SMILES string of the molecule is C=Cc1cccc(F)c1C(=O)c1sc(Nc2ccc(S(=O)(=O)NCc3ccc(C)s3)cc2)nc1N. The standard InChI is InChI=1S/C24H21FN4O3S3/c1-3-15-5-4-6-19(25)20(15)21(30)22-23(26)29-24(34-22)28-16-8-11-18(12-9-16)35(31,32)27-13-17-10-7-14(2)33-17/h3-12,27H,1,13,26H2,2H3,(H,28,29). The van der Waals surface area contributed by atoms with Gasteiger partial charge < -0.3 is 11.1 Å². The Morgan fingerprint density at radius 1 is 1.14 bits per heavy atom. The van der Waals surface area contributed by atoms with Gasteiger partial charge >= 0.3 is 0 Å². The second-order valence-corrected chi connectivity index (χ2v) is 11.6. The summed E-state index contributed by atoms with van der Waals surface area (Å²) in [6, 6.07) is 14.2. The molecule has 0 fully saturated rings. The zero-order chi connectivity index (χ0) is 25.2. The zero-order valence-electron chi connectivity index (χ0n) is 18.5. The predicted molar refractivity (Wildman–Crippen MR) is 139 cm³/mol. The number of aryl methyl sites for hydroxylation is 1. The number of thiophene rings is 1. The molecule has 0 aliphatic heterocycles. The maximum absolute atomic E-state index is 14.4. The molecular formula is C24H21FN4O3S3. The Hall–Kier alpha value is -3.38. The lowest BCUT2D eigenvalue weighted by Gasteiger charge is -2.07. The summed E-state index contributed by atoms with van der Waals surface area (Å²) in [7, 11) is -3.69. The van der Waals surface area contributed by atoms with E-state index in [4.69, 9.17) is 5.73 Å². The van der Waals surface area contributed by atoms with Gasteiger partial charge in [-0.25, -0.2) is 22.5 Å². The van der Waals surface area contributed by atoms with Crippen LogP contribution in [0.1, 0.15) is 30.6 Å². The Morgan fingerprint density at radius 2 is 1.89 bits per heavy atom. The summed E-state index contributed by atoms with van der Waals surface area (Å²) in [4.78, 5) is 19.4. The van der Waals surface area contributed by atoms with Crippen molar-refractivity contribution in [2.45, 2.75) is 18.4 Å². The number of nitrogens with one attached hydrogen (secondary N) is 2. The minimum atomic E-state index is -3.69. The van der Waals surface area contributed by atoms with Gasteiger partial charge in [0.1, 0.15) is 16.5 Å². The maximum atomic E-state index is 14.4. The molecule has 0 spiro atoms. The van der Waals surface area contributed by atoms with Gasteiger partial charge in [0.05, 0.1) is 10.5 Å². The van der Waals surface area contributed by atoms with E-state index in [2.05, 4.69) is 21.6 Å². The Bertz CT molecular complexity index is 1510. The first kappa shape index (κ1) is 24.7. The Balaban J connectivity index is 1.48. The van der Waals surface area contributed by atoms with Crippen LogP contribution >= 0.6 is 22.7 Å². The largest absolute Gasteiger partial charge is 0.382 e. The van der Waals surface area contributed by atoms with E-state index in [9.17, 15) is 17.6 Å². The fourth-order valence-corrected chi connectivity index (χ4v) is 6.06. The van der Waals surface area contributed by atoms with Gasteiger partial charge in [-0.3, -0.25) is 4.79 Å². The molecule has 2 aromatic heterocycles. The highest BCUT2D eigenvalue weighted by Crippen LogP contribution is 2.31. The molecule has 2 aromatic carbocycles. The van der Waals surface area contributed by atoms with Crippen LogP contribution in [0.5, 0.6) is 0 Å². The number of rotatable bonds is 9. The molecule has 2 heterocycles. The lowest BCUT2D eigenvalue weighted by atomic mass is 10.0. The van der Waals surface area contributed by atoms with Crippen molar-refractivity contribution >= 4 is 61.2 Å². The Labute approximate surface area is 210 Å². The van der Waals surface area contributed by atoms with Crippen molar-refractivity contribution in [3.05, 3.63) is 92.8 Å². The lowest BCUT2D eigenvalue weighted by Crippen LogP contribution is -2.22. The van der Waals surface area contributed by atoms with Gasteiger partial charge in [0, 0.05) is 22.0 Å². The van der Waals surface area contributed by atoms with Crippen molar-refractivity contribution in [3.63, 3.8) is 0 Å². The van der Waals surface area contributed by atoms with E-state index < -0.39 is 21.6 Å². The number of ketones is 1. The predicted octanol–water partition coefficient (Wildman–Crippen LogP) is 5.33. The average Bonchev–Trinajstić information content (AvgIpc) is 3.42. The van der Waals surface area contributed by atoms with Crippen LogP contribution in [0.25, 0.3) is 6.08 Å². The van der Waals surface area contributed by atoms with Gasteiger partial charge in [-0.15, -0.1) is 11.3 Å². The number of carbonyl (C=O) groups is 1. The normalized spacial score (nSPS) is 11.4. The van der Waals surface area contributed by atoms with Crippen LogP contribution in [-0.4, -0.2) is 19.2 Å². The van der Waals surface area contributed by atoms with Crippen molar-refractivity contribution in [1.82, 2.24) is 9.71 Å². The van der Waals surface area contributed by atoms with Crippen LogP contribution < -0.4 is 15.8 Å². The molecule has 0 aliphatic rings. The number of hydrogen-bond acceptors (Lipinski definition) is 8. The summed E-state index contributed by atoms with van der Waals surface area (Å²) in [6.07, 6.45) is 1.40. The van der Waals surface area contributed by atoms with Crippen LogP contribution in [0, 0.1) is 12.7 Å². The molecule has 35 heavy (non-hydrogen) atoms. The molecule has 11 heteroatoms. The van der Waals surface area contributed by atoms with Crippen molar-refractivity contribution < 1.29 is 17.6 Å². The molecule has 4 aromatic rings. The van der Waals surface area contributed by atoms with Crippen molar-refractivity contribution in [1.29, 1.82) is 0 Å². The summed E-state index contributed by atoms with van der Waals surface area (Å²) in [5.41, 5.74) is 6.72.